The number of carbonyl (C=O) groups is 3. The predicted molar refractivity (Wildman–Crippen MR) is 93.9 cm³/mol. The van der Waals surface area contributed by atoms with Crippen molar-refractivity contribution < 1.29 is 33.7 Å². The number of ether oxygens (including phenoxy) is 1. The van der Waals surface area contributed by atoms with Crippen LogP contribution >= 0.6 is 8.03 Å². The van der Waals surface area contributed by atoms with Crippen molar-refractivity contribution in [1.82, 2.24) is 10.6 Å². The Hall–Kier alpha value is -2.38. The minimum absolute atomic E-state index is 0.0269. The highest BCUT2D eigenvalue weighted by Crippen LogP contribution is 2.23. The lowest BCUT2D eigenvalue weighted by Crippen LogP contribution is -2.49. The number of carbonyl (C=O) groups excluding carboxylic acids is 2. The van der Waals surface area contributed by atoms with Gasteiger partial charge in [0.15, 0.2) is 0 Å². The molecule has 0 fully saturated rings. The van der Waals surface area contributed by atoms with Crippen molar-refractivity contribution in [3.8, 4) is 0 Å². The molecule has 0 bridgehead atoms. The fourth-order valence-corrected chi connectivity index (χ4v) is 2.73. The molecule has 0 aliphatic carbocycles. The maximum absolute atomic E-state index is 12.2. The van der Waals surface area contributed by atoms with Crippen molar-refractivity contribution >= 4 is 26.0 Å². The van der Waals surface area contributed by atoms with Gasteiger partial charge in [-0.15, -0.1) is 0 Å². The van der Waals surface area contributed by atoms with Crippen LogP contribution in [0.15, 0.2) is 30.3 Å². The van der Waals surface area contributed by atoms with Gasteiger partial charge in [-0.2, -0.15) is 0 Å². The van der Waals surface area contributed by atoms with Gasteiger partial charge in [-0.25, -0.2) is 4.79 Å². The summed E-state index contributed by atoms with van der Waals surface area (Å²) < 4.78 is 16.3. The first-order chi connectivity index (χ1) is 12.3. The topological polar surface area (TPSA) is 142 Å². The summed E-state index contributed by atoms with van der Waals surface area (Å²) in [5.41, 5.74) is 0.777. The fourth-order valence-electron chi connectivity index (χ4n) is 2.11. The second kappa shape index (κ2) is 11.3. The lowest BCUT2D eigenvalue weighted by Gasteiger charge is -2.20. The molecule has 2 amide bonds. The Balaban J connectivity index is 2.62. The van der Waals surface area contributed by atoms with Crippen LogP contribution in [0.4, 0.5) is 4.79 Å². The monoisotopic (exact) mass is 386 g/mol. The highest BCUT2D eigenvalue weighted by molar-refractivity contribution is 7.38. The van der Waals surface area contributed by atoms with E-state index in [2.05, 4.69) is 10.6 Å². The SMILES string of the molecule is CCC[C@H](NC(=O)OCc1ccccc1)C(=O)NC(CC(=O)O)[PH](=O)O. The largest absolute Gasteiger partial charge is 0.481 e. The maximum atomic E-state index is 12.2. The molecule has 1 rings (SSSR count). The summed E-state index contributed by atoms with van der Waals surface area (Å²) in [4.78, 5) is 44.0. The van der Waals surface area contributed by atoms with Gasteiger partial charge in [0.2, 0.25) is 13.9 Å². The van der Waals surface area contributed by atoms with Crippen LogP contribution in [0.5, 0.6) is 0 Å². The lowest BCUT2D eigenvalue weighted by atomic mass is 10.1. The zero-order valence-corrected chi connectivity index (χ0v) is 15.3. The average Bonchev–Trinajstić information content (AvgIpc) is 2.59. The molecule has 4 N–H and O–H groups in total. The summed E-state index contributed by atoms with van der Waals surface area (Å²) in [7, 11) is -3.29. The molecule has 2 unspecified atom stereocenters. The normalized spacial score (nSPS) is 13.9. The summed E-state index contributed by atoms with van der Waals surface area (Å²) in [6.45, 7) is 1.82. The van der Waals surface area contributed by atoms with Crippen LogP contribution in [-0.2, 0) is 25.5 Å². The van der Waals surface area contributed by atoms with Crippen LogP contribution in [0.3, 0.4) is 0 Å². The number of rotatable bonds is 10. The van der Waals surface area contributed by atoms with E-state index < -0.39 is 44.2 Å². The van der Waals surface area contributed by atoms with Crippen LogP contribution in [-0.4, -0.2) is 39.8 Å². The first kappa shape index (κ1) is 21.7. The van der Waals surface area contributed by atoms with Crippen LogP contribution in [0.1, 0.15) is 31.7 Å². The van der Waals surface area contributed by atoms with Crippen molar-refractivity contribution in [1.29, 1.82) is 0 Å². The molecule has 1 aromatic carbocycles. The second-order valence-electron chi connectivity index (χ2n) is 5.54. The van der Waals surface area contributed by atoms with Gasteiger partial charge in [-0.1, -0.05) is 43.7 Å². The third kappa shape index (κ3) is 8.13. The Morgan fingerprint density at radius 3 is 2.38 bits per heavy atom. The molecule has 1 aromatic rings. The van der Waals surface area contributed by atoms with Gasteiger partial charge >= 0.3 is 12.1 Å². The van der Waals surface area contributed by atoms with E-state index in [4.69, 9.17) is 14.7 Å². The van der Waals surface area contributed by atoms with E-state index in [1.54, 1.807) is 31.2 Å². The average molecular weight is 386 g/mol. The van der Waals surface area contributed by atoms with Gasteiger partial charge in [0.25, 0.3) is 0 Å². The van der Waals surface area contributed by atoms with Crippen LogP contribution < -0.4 is 10.6 Å². The van der Waals surface area contributed by atoms with Gasteiger partial charge in [0.05, 0.1) is 6.42 Å². The Morgan fingerprint density at radius 2 is 1.85 bits per heavy atom. The molecule has 26 heavy (non-hydrogen) atoms. The van der Waals surface area contributed by atoms with Crippen molar-refractivity contribution in [2.45, 2.75) is 44.6 Å². The molecule has 9 nitrogen and oxygen atoms in total. The molecule has 0 saturated heterocycles. The van der Waals surface area contributed by atoms with E-state index in [0.29, 0.717) is 6.42 Å². The first-order valence-corrected chi connectivity index (χ1v) is 9.49. The number of carboxylic acid groups (broad SMARTS) is 1. The summed E-state index contributed by atoms with van der Waals surface area (Å²) in [6.07, 6.45) is -0.682. The number of benzene rings is 1. The smallest absolute Gasteiger partial charge is 0.408 e. The van der Waals surface area contributed by atoms with Crippen molar-refractivity contribution in [3.05, 3.63) is 35.9 Å². The molecule has 3 atom stereocenters. The summed E-state index contributed by atoms with van der Waals surface area (Å²) in [6, 6.07) is 7.97. The molecule has 0 saturated carbocycles. The first-order valence-electron chi connectivity index (χ1n) is 8.05. The molecule has 0 heterocycles. The van der Waals surface area contributed by atoms with Crippen LogP contribution in [0, 0.1) is 0 Å². The molecule has 10 heteroatoms. The van der Waals surface area contributed by atoms with Crippen molar-refractivity contribution in [2.24, 2.45) is 0 Å². The Bertz CT molecular complexity index is 639. The lowest BCUT2D eigenvalue weighted by molar-refractivity contribution is -0.137. The van der Waals surface area contributed by atoms with Crippen molar-refractivity contribution in [3.63, 3.8) is 0 Å². The summed E-state index contributed by atoms with van der Waals surface area (Å²) in [5, 5.41) is 13.3. The molecular weight excluding hydrogens is 363 g/mol. The van der Waals surface area contributed by atoms with Gasteiger partial charge in [-0.3, -0.25) is 14.2 Å². The zero-order chi connectivity index (χ0) is 19.5. The fraction of sp³-hybridized carbons (Fsp3) is 0.438. The Labute approximate surface area is 151 Å². The quantitative estimate of drug-likeness (QED) is 0.446. The second-order valence-corrected chi connectivity index (χ2v) is 6.92. The highest BCUT2D eigenvalue weighted by Gasteiger charge is 2.26. The minimum Gasteiger partial charge on any atom is -0.481 e. The number of carboxylic acids is 1. The van der Waals surface area contributed by atoms with E-state index in [-0.39, 0.29) is 13.0 Å². The van der Waals surface area contributed by atoms with Gasteiger partial charge < -0.3 is 25.4 Å². The maximum Gasteiger partial charge on any atom is 0.408 e. The number of amides is 2. The van der Waals surface area contributed by atoms with E-state index >= 15 is 0 Å². The third-order valence-corrected chi connectivity index (χ3v) is 4.34. The van der Waals surface area contributed by atoms with Crippen LogP contribution in [0.25, 0.3) is 0 Å². The van der Waals surface area contributed by atoms with E-state index in [1.165, 1.54) is 0 Å². The Morgan fingerprint density at radius 1 is 1.19 bits per heavy atom. The van der Waals surface area contributed by atoms with E-state index in [0.717, 1.165) is 5.56 Å². The number of nitrogens with one attached hydrogen (secondary N) is 2. The standard InChI is InChI=1S/C16H23N2O7P/c1-2-6-12(15(21)18-13(26(23)24)9-14(19)20)17-16(22)25-10-11-7-4-3-5-8-11/h3-5,7-8,12-13,26H,2,6,9-10H2,1H3,(H,17,22)(H,18,21)(H,19,20)(H,23,24)/t12-,13?/m0/s1. The zero-order valence-electron chi connectivity index (χ0n) is 14.3. The highest BCUT2D eigenvalue weighted by atomic mass is 31.1. The van der Waals surface area contributed by atoms with E-state index in [1.807, 2.05) is 6.07 Å². The number of hydrogen-bond donors (Lipinski definition) is 4. The molecule has 0 aliphatic rings. The van der Waals surface area contributed by atoms with E-state index in [9.17, 15) is 18.9 Å². The Kier molecular flexibility index (Phi) is 9.40. The predicted octanol–water partition coefficient (Wildman–Crippen LogP) is 1.47. The summed E-state index contributed by atoms with van der Waals surface area (Å²) in [5.74, 6) is -3.45. The van der Waals surface area contributed by atoms with Gasteiger partial charge in [0, 0.05) is 0 Å². The van der Waals surface area contributed by atoms with Crippen LogP contribution in [0.2, 0.25) is 0 Å². The molecule has 0 spiro atoms. The molecule has 144 valence electrons. The minimum atomic E-state index is -3.29. The molecular formula is C16H23N2O7P. The molecule has 0 radical (unpaired) electrons. The number of hydrogen-bond acceptors (Lipinski definition) is 5. The summed E-state index contributed by atoms with van der Waals surface area (Å²) >= 11 is 0. The van der Waals surface area contributed by atoms with Crippen molar-refractivity contribution in [2.75, 3.05) is 0 Å². The molecule has 0 aliphatic heterocycles. The third-order valence-electron chi connectivity index (χ3n) is 3.39. The molecule has 0 aromatic heterocycles. The number of alkyl carbamates (subject to hydrolysis) is 1. The van der Waals surface area contributed by atoms with Gasteiger partial charge in [0.1, 0.15) is 18.4 Å². The van der Waals surface area contributed by atoms with Gasteiger partial charge in [-0.05, 0) is 12.0 Å². The number of aliphatic carboxylic acids is 1.